The van der Waals surface area contributed by atoms with Gasteiger partial charge in [0.1, 0.15) is 11.4 Å². The minimum atomic E-state index is -0.420. The average molecular weight is 271 g/mol. The van der Waals surface area contributed by atoms with Crippen LogP contribution in [0.5, 0.6) is 5.75 Å². The van der Waals surface area contributed by atoms with Crippen LogP contribution in [-0.2, 0) is 0 Å². The van der Waals surface area contributed by atoms with Crippen LogP contribution < -0.4 is 9.64 Å². The van der Waals surface area contributed by atoms with Gasteiger partial charge in [0.2, 0.25) is 0 Å². The summed E-state index contributed by atoms with van der Waals surface area (Å²) in [6, 6.07) is 4.68. The lowest BCUT2D eigenvalue weighted by Gasteiger charge is -2.40. The van der Waals surface area contributed by atoms with Crippen molar-refractivity contribution in [1.82, 2.24) is 0 Å². The summed E-state index contributed by atoms with van der Waals surface area (Å²) in [7, 11) is 0. The number of non-ortho nitro benzene ring substituents is 1. The molecule has 0 saturated carbocycles. The lowest BCUT2D eigenvalue weighted by Crippen LogP contribution is -2.47. The first-order chi connectivity index (χ1) is 8.43. The van der Waals surface area contributed by atoms with E-state index < -0.39 is 4.92 Å². The molecule has 2 rings (SSSR count). The number of ether oxygens (including phenoxy) is 1. The van der Waals surface area contributed by atoms with E-state index in [2.05, 4.69) is 4.90 Å². The first kappa shape index (κ1) is 13.0. The number of fused-ring (bicyclic) bond motifs is 1. The van der Waals surface area contributed by atoms with Gasteiger partial charge in [-0.25, -0.2) is 0 Å². The molecule has 0 unspecified atom stereocenters. The summed E-state index contributed by atoms with van der Waals surface area (Å²) in [5, 5.41) is 10.8. The topological polar surface area (TPSA) is 55.6 Å². The molecule has 1 aliphatic rings. The molecule has 1 aromatic rings. The number of nitrogens with zero attached hydrogens (tertiary/aromatic N) is 2. The van der Waals surface area contributed by atoms with Crippen molar-refractivity contribution in [1.29, 1.82) is 0 Å². The van der Waals surface area contributed by atoms with Crippen LogP contribution in [0, 0.1) is 10.1 Å². The largest absolute Gasteiger partial charge is 0.484 e. The number of alkyl halides is 1. The Balaban J connectivity index is 2.42. The first-order valence-electron chi connectivity index (χ1n) is 5.71. The van der Waals surface area contributed by atoms with Crippen LogP contribution in [0.3, 0.4) is 0 Å². The fraction of sp³-hybridized carbons (Fsp3) is 0.500. The Hall–Kier alpha value is -1.49. The smallest absolute Gasteiger partial charge is 0.273 e. The Morgan fingerprint density at radius 1 is 1.56 bits per heavy atom. The molecule has 1 aromatic carbocycles. The number of anilines is 1. The maximum absolute atomic E-state index is 10.8. The third-order valence-corrected chi connectivity index (χ3v) is 2.98. The maximum atomic E-state index is 10.8. The molecule has 5 nitrogen and oxygen atoms in total. The minimum Gasteiger partial charge on any atom is -0.484 e. The number of hydrogen-bond acceptors (Lipinski definition) is 4. The third-order valence-electron chi connectivity index (χ3n) is 2.81. The average Bonchev–Trinajstić information content (AvgIpc) is 2.26. The van der Waals surface area contributed by atoms with Gasteiger partial charge in [-0.1, -0.05) is 0 Å². The molecular weight excluding hydrogens is 256 g/mol. The van der Waals surface area contributed by atoms with Crippen LogP contribution in [0.1, 0.15) is 13.8 Å². The van der Waals surface area contributed by atoms with Crippen LogP contribution >= 0.6 is 11.6 Å². The van der Waals surface area contributed by atoms with E-state index in [4.69, 9.17) is 16.3 Å². The Labute approximate surface area is 110 Å². The van der Waals surface area contributed by atoms with Crippen molar-refractivity contribution in [2.24, 2.45) is 0 Å². The fourth-order valence-electron chi connectivity index (χ4n) is 2.14. The summed E-state index contributed by atoms with van der Waals surface area (Å²) in [6.07, 6.45) is 0. The van der Waals surface area contributed by atoms with Crippen molar-refractivity contribution in [3.05, 3.63) is 28.3 Å². The van der Waals surface area contributed by atoms with Crippen LogP contribution in [0.4, 0.5) is 11.4 Å². The minimum absolute atomic E-state index is 0.0391. The summed E-state index contributed by atoms with van der Waals surface area (Å²) in [4.78, 5) is 12.4. The highest BCUT2D eigenvalue weighted by molar-refractivity contribution is 6.18. The van der Waals surface area contributed by atoms with Crippen molar-refractivity contribution in [2.75, 3.05) is 23.9 Å². The van der Waals surface area contributed by atoms with Gasteiger partial charge in [0.15, 0.2) is 0 Å². The Kier molecular flexibility index (Phi) is 3.34. The molecule has 0 amide bonds. The van der Waals surface area contributed by atoms with Gasteiger partial charge in [-0.05, 0) is 19.9 Å². The van der Waals surface area contributed by atoms with Crippen molar-refractivity contribution in [2.45, 2.75) is 19.4 Å². The summed E-state index contributed by atoms with van der Waals surface area (Å²) in [5.74, 6) is 1.05. The number of nitro benzene ring substituents is 1. The lowest BCUT2D eigenvalue weighted by atomic mass is 10.0. The molecule has 0 atom stereocenters. The second-order valence-electron chi connectivity index (χ2n) is 4.88. The summed E-state index contributed by atoms with van der Waals surface area (Å²) in [5.41, 5.74) is 0.520. The molecule has 0 radical (unpaired) electrons. The van der Waals surface area contributed by atoms with Crippen LogP contribution in [0.25, 0.3) is 0 Å². The van der Waals surface area contributed by atoms with Crippen molar-refractivity contribution in [3.63, 3.8) is 0 Å². The number of benzene rings is 1. The van der Waals surface area contributed by atoms with Gasteiger partial charge in [-0.15, -0.1) is 11.6 Å². The predicted molar refractivity (Wildman–Crippen MR) is 70.7 cm³/mol. The quantitative estimate of drug-likeness (QED) is 0.481. The molecular formula is C12H15ClN2O3. The normalized spacial score (nSPS) is 16.9. The number of hydrogen-bond donors (Lipinski definition) is 0. The van der Waals surface area contributed by atoms with E-state index in [1.165, 1.54) is 12.1 Å². The van der Waals surface area contributed by atoms with Gasteiger partial charge in [-0.2, -0.15) is 0 Å². The Morgan fingerprint density at radius 3 is 2.89 bits per heavy atom. The van der Waals surface area contributed by atoms with Crippen molar-refractivity contribution in [3.8, 4) is 5.75 Å². The van der Waals surface area contributed by atoms with Crippen molar-refractivity contribution < 1.29 is 9.66 Å². The zero-order valence-electron chi connectivity index (χ0n) is 10.4. The Bertz CT molecular complexity index is 476. The first-order valence-corrected chi connectivity index (χ1v) is 6.25. The SMILES string of the molecule is CC1(C)CN(CCCl)c2ccc([N+](=O)[O-])cc2O1. The molecule has 0 aliphatic carbocycles. The zero-order chi connectivity index (χ0) is 13.3. The number of halogens is 1. The highest BCUT2D eigenvalue weighted by Crippen LogP contribution is 2.39. The second-order valence-corrected chi connectivity index (χ2v) is 5.26. The predicted octanol–water partition coefficient (Wildman–Crippen LogP) is 2.81. The third kappa shape index (κ3) is 2.51. The summed E-state index contributed by atoms with van der Waals surface area (Å²) in [6.45, 7) is 5.32. The molecule has 6 heteroatoms. The van der Waals surface area contributed by atoms with Gasteiger partial charge in [0, 0.05) is 18.5 Å². The van der Waals surface area contributed by atoms with E-state index in [1.807, 2.05) is 13.8 Å². The molecule has 0 bridgehead atoms. The van der Waals surface area contributed by atoms with E-state index in [-0.39, 0.29) is 11.3 Å². The summed E-state index contributed by atoms with van der Waals surface area (Å²) >= 11 is 5.79. The molecule has 1 aliphatic heterocycles. The monoisotopic (exact) mass is 270 g/mol. The van der Waals surface area contributed by atoms with Crippen LogP contribution in [0.15, 0.2) is 18.2 Å². The van der Waals surface area contributed by atoms with Gasteiger partial charge in [0.25, 0.3) is 5.69 Å². The Morgan fingerprint density at radius 2 is 2.28 bits per heavy atom. The molecule has 0 saturated heterocycles. The molecule has 0 spiro atoms. The molecule has 1 heterocycles. The van der Waals surface area contributed by atoms with E-state index in [9.17, 15) is 10.1 Å². The molecule has 0 fully saturated rings. The van der Waals surface area contributed by atoms with Crippen LogP contribution in [0.2, 0.25) is 0 Å². The second kappa shape index (κ2) is 4.65. The van der Waals surface area contributed by atoms with E-state index >= 15 is 0 Å². The van der Waals surface area contributed by atoms with Gasteiger partial charge >= 0.3 is 0 Å². The fourth-order valence-corrected chi connectivity index (χ4v) is 2.34. The van der Waals surface area contributed by atoms with Crippen LogP contribution in [-0.4, -0.2) is 29.5 Å². The van der Waals surface area contributed by atoms with E-state index in [1.54, 1.807) is 6.07 Å². The molecule has 98 valence electrons. The number of rotatable bonds is 3. The highest BCUT2D eigenvalue weighted by atomic mass is 35.5. The lowest BCUT2D eigenvalue weighted by molar-refractivity contribution is -0.385. The van der Waals surface area contributed by atoms with Gasteiger partial charge in [0.05, 0.1) is 23.2 Å². The molecule has 0 aromatic heterocycles. The molecule has 0 N–H and O–H groups in total. The standard InChI is InChI=1S/C12H15ClN2O3/c1-12(2)8-14(6-5-13)10-4-3-9(15(16)17)7-11(10)18-12/h3-4,7H,5-6,8H2,1-2H3. The summed E-state index contributed by atoms with van der Waals surface area (Å²) < 4.78 is 5.80. The maximum Gasteiger partial charge on any atom is 0.273 e. The van der Waals surface area contributed by atoms with Crippen molar-refractivity contribution >= 4 is 23.0 Å². The van der Waals surface area contributed by atoms with E-state index in [0.29, 0.717) is 24.7 Å². The molecule has 18 heavy (non-hydrogen) atoms. The zero-order valence-corrected chi connectivity index (χ0v) is 11.1. The number of nitro groups is 1. The van der Waals surface area contributed by atoms with Gasteiger partial charge < -0.3 is 9.64 Å². The van der Waals surface area contributed by atoms with Gasteiger partial charge in [-0.3, -0.25) is 10.1 Å². The van der Waals surface area contributed by atoms with E-state index in [0.717, 1.165) is 5.69 Å². The highest BCUT2D eigenvalue weighted by Gasteiger charge is 2.32.